The third-order valence-electron chi connectivity index (χ3n) is 5.42. The fourth-order valence-electron chi connectivity index (χ4n) is 3.50. The highest BCUT2D eigenvalue weighted by atomic mass is 32.2. The summed E-state index contributed by atoms with van der Waals surface area (Å²) in [6.45, 7) is 4.67. The molecule has 0 radical (unpaired) electrons. The molecule has 2 heterocycles. The molecule has 2 amide bonds. The molecule has 4 aromatic rings. The first-order valence-corrected chi connectivity index (χ1v) is 14.1. The van der Waals surface area contributed by atoms with E-state index in [1.807, 2.05) is 31.2 Å². The number of aromatic nitrogens is 5. The summed E-state index contributed by atoms with van der Waals surface area (Å²) in [7, 11) is 1.57. The summed E-state index contributed by atoms with van der Waals surface area (Å²) >= 11 is 2.51. The zero-order valence-corrected chi connectivity index (χ0v) is 23.5. The number of carbonyl (C=O) groups excluding carboxylic acids is 2. The molecular weight excluding hydrogens is 538 g/mol. The standard InChI is InChI=1S/C26H29N7O4S2/c1-4-5-14-37-19-12-10-18(11-13-19)24(35)27-15-22-30-32-26(33(22)20-8-6-7-9-21(20)36-3)38-16-23(34)28-25-31-29-17(2)39-25/h6-13H,4-5,14-16H2,1-3H3,(H,27,35)(H,28,31,34). The van der Waals surface area contributed by atoms with E-state index >= 15 is 0 Å². The van der Waals surface area contributed by atoms with Gasteiger partial charge >= 0.3 is 0 Å². The van der Waals surface area contributed by atoms with Crippen LogP contribution < -0.4 is 20.1 Å². The van der Waals surface area contributed by atoms with Gasteiger partial charge in [0.05, 0.1) is 31.7 Å². The van der Waals surface area contributed by atoms with E-state index in [0.29, 0.717) is 39.7 Å². The van der Waals surface area contributed by atoms with Crippen molar-refractivity contribution in [2.45, 2.75) is 38.4 Å². The lowest BCUT2D eigenvalue weighted by atomic mass is 10.2. The predicted molar refractivity (Wildman–Crippen MR) is 150 cm³/mol. The fourth-order valence-corrected chi connectivity index (χ4v) is 4.87. The van der Waals surface area contributed by atoms with Crippen LogP contribution in [0.15, 0.2) is 53.7 Å². The number of anilines is 1. The summed E-state index contributed by atoms with van der Waals surface area (Å²) in [6.07, 6.45) is 2.03. The average Bonchev–Trinajstić information content (AvgIpc) is 3.56. The Morgan fingerprint density at radius 1 is 1.05 bits per heavy atom. The molecular formula is C26H29N7O4S2. The smallest absolute Gasteiger partial charge is 0.251 e. The maximum atomic E-state index is 12.9. The Morgan fingerprint density at radius 2 is 1.85 bits per heavy atom. The van der Waals surface area contributed by atoms with E-state index in [-0.39, 0.29) is 24.1 Å². The van der Waals surface area contributed by atoms with Gasteiger partial charge in [-0.05, 0) is 49.7 Å². The molecule has 0 aliphatic rings. The molecule has 4 rings (SSSR count). The van der Waals surface area contributed by atoms with Crippen LogP contribution in [0.3, 0.4) is 0 Å². The van der Waals surface area contributed by atoms with Crippen molar-refractivity contribution in [3.8, 4) is 17.2 Å². The zero-order chi connectivity index (χ0) is 27.6. The van der Waals surface area contributed by atoms with Gasteiger partial charge in [-0.3, -0.25) is 19.5 Å². The molecule has 0 fully saturated rings. The van der Waals surface area contributed by atoms with Crippen LogP contribution >= 0.6 is 23.1 Å². The first-order chi connectivity index (χ1) is 19.0. The van der Waals surface area contributed by atoms with Gasteiger partial charge in [-0.1, -0.05) is 48.6 Å². The van der Waals surface area contributed by atoms with Gasteiger partial charge in [0.15, 0.2) is 11.0 Å². The molecule has 2 N–H and O–H groups in total. The number of amides is 2. The van der Waals surface area contributed by atoms with E-state index in [2.05, 4.69) is 38.0 Å². The molecule has 39 heavy (non-hydrogen) atoms. The molecule has 204 valence electrons. The Balaban J connectivity index is 1.47. The molecule has 0 saturated carbocycles. The topological polar surface area (TPSA) is 133 Å². The summed E-state index contributed by atoms with van der Waals surface area (Å²) in [4.78, 5) is 25.4. The number of aryl methyl sites for hydroxylation is 1. The Bertz CT molecular complexity index is 1410. The Morgan fingerprint density at radius 3 is 2.56 bits per heavy atom. The molecule has 2 aromatic heterocycles. The van der Waals surface area contributed by atoms with Gasteiger partial charge in [0.2, 0.25) is 11.0 Å². The highest BCUT2D eigenvalue weighted by molar-refractivity contribution is 7.99. The first-order valence-electron chi connectivity index (χ1n) is 12.3. The summed E-state index contributed by atoms with van der Waals surface area (Å²) in [5.41, 5.74) is 1.19. The number of rotatable bonds is 13. The lowest BCUT2D eigenvalue weighted by molar-refractivity contribution is -0.113. The van der Waals surface area contributed by atoms with Crippen molar-refractivity contribution in [3.05, 3.63) is 64.9 Å². The maximum absolute atomic E-state index is 12.9. The van der Waals surface area contributed by atoms with Gasteiger partial charge in [-0.2, -0.15) is 0 Å². The van der Waals surface area contributed by atoms with E-state index < -0.39 is 0 Å². The van der Waals surface area contributed by atoms with E-state index in [1.165, 1.54) is 23.1 Å². The number of nitrogens with one attached hydrogen (secondary N) is 2. The van der Waals surface area contributed by atoms with Gasteiger partial charge in [0, 0.05) is 5.56 Å². The molecule has 0 bridgehead atoms. The molecule has 11 nitrogen and oxygen atoms in total. The second kappa shape index (κ2) is 13.7. The monoisotopic (exact) mass is 567 g/mol. The summed E-state index contributed by atoms with van der Waals surface area (Å²) in [5, 5.41) is 23.7. The lowest BCUT2D eigenvalue weighted by Crippen LogP contribution is -2.24. The van der Waals surface area contributed by atoms with Crippen molar-refractivity contribution in [2.75, 3.05) is 24.8 Å². The number of nitrogens with zero attached hydrogens (tertiary/aromatic N) is 5. The van der Waals surface area contributed by atoms with E-state index in [9.17, 15) is 9.59 Å². The molecule has 13 heteroatoms. The van der Waals surface area contributed by atoms with Crippen molar-refractivity contribution < 1.29 is 19.1 Å². The Labute approximate surface area is 234 Å². The minimum Gasteiger partial charge on any atom is -0.495 e. The van der Waals surface area contributed by atoms with Crippen LogP contribution in [0.1, 0.15) is 41.0 Å². The SMILES string of the molecule is CCCCOc1ccc(C(=O)NCc2nnc(SCC(=O)Nc3nnc(C)s3)n2-c2ccccc2OC)cc1. The number of carbonyl (C=O) groups is 2. The third-order valence-corrected chi connectivity index (χ3v) is 7.10. The molecule has 0 unspecified atom stereocenters. The molecule has 0 atom stereocenters. The van der Waals surface area contributed by atoms with Crippen LogP contribution in [-0.2, 0) is 11.3 Å². The predicted octanol–water partition coefficient (Wildman–Crippen LogP) is 4.28. The second-order valence-electron chi connectivity index (χ2n) is 8.28. The second-order valence-corrected chi connectivity index (χ2v) is 10.4. The number of ether oxygens (including phenoxy) is 2. The number of thioether (sulfide) groups is 1. The minimum absolute atomic E-state index is 0.0744. The molecule has 0 aliphatic heterocycles. The van der Waals surface area contributed by atoms with Crippen LogP contribution in [-0.4, -0.2) is 56.2 Å². The molecule has 0 spiro atoms. The summed E-state index contributed by atoms with van der Waals surface area (Å²) < 4.78 is 13.0. The summed E-state index contributed by atoms with van der Waals surface area (Å²) in [6, 6.07) is 14.4. The number of para-hydroxylation sites is 2. The van der Waals surface area contributed by atoms with Crippen molar-refractivity contribution in [3.63, 3.8) is 0 Å². The van der Waals surface area contributed by atoms with Crippen molar-refractivity contribution in [1.29, 1.82) is 0 Å². The Hall–Kier alpha value is -3.97. The van der Waals surface area contributed by atoms with E-state index in [4.69, 9.17) is 9.47 Å². The van der Waals surface area contributed by atoms with E-state index in [1.54, 1.807) is 35.9 Å². The fraction of sp³-hybridized carbons (Fsp3) is 0.308. The number of hydrogen-bond donors (Lipinski definition) is 2. The number of unbranched alkanes of at least 4 members (excludes halogenated alkanes) is 1. The van der Waals surface area contributed by atoms with Crippen LogP contribution in [0.2, 0.25) is 0 Å². The van der Waals surface area contributed by atoms with Gasteiger partial charge in [-0.25, -0.2) is 0 Å². The normalized spacial score (nSPS) is 10.7. The van der Waals surface area contributed by atoms with E-state index in [0.717, 1.165) is 23.6 Å². The van der Waals surface area contributed by atoms with Crippen molar-refractivity contribution in [1.82, 2.24) is 30.3 Å². The highest BCUT2D eigenvalue weighted by Crippen LogP contribution is 2.29. The van der Waals surface area contributed by atoms with Crippen molar-refractivity contribution >= 4 is 40.0 Å². The largest absolute Gasteiger partial charge is 0.495 e. The number of hydrogen-bond acceptors (Lipinski definition) is 10. The summed E-state index contributed by atoms with van der Waals surface area (Å²) in [5.74, 6) is 1.37. The van der Waals surface area contributed by atoms with Gasteiger partial charge in [0.25, 0.3) is 5.91 Å². The van der Waals surface area contributed by atoms with Crippen LogP contribution in [0, 0.1) is 6.92 Å². The maximum Gasteiger partial charge on any atom is 0.251 e. The van der Waals surface area contributed by atoms with Gasteiger partial charge in [0.1, 0.15) is 16.5 Å². The van der Waals surface area contributed by atoms with Gasteiger partial charge in [-0.15, -0.1) is 20.4 Å². The quantitative estimate of drug-likeness (QED) is 0.179. The van der Waals surface area contributed by atoms with Gasteiger partial charge < -0.3 is 14.8 Å². The van der Waals surface area contributed by atoms with Crippen LogP contribution in [0.25, 0.3) is 5.69 Å². The number of benzene rings is 2. The third kappa shape index (κ3) is 7.54. The first kappa shape index (κ1) is 28.0. The van der Waals surface area contributed by atoms with Crippen LogP contribution in [0.5, 0.6) is 11.5 Å². The zero-order valence-electron chi connectivity index (χ0n) is 21.8. The minimum atomic E-state index is -0.259. The van der Waals surface area contributed by atoms with Crippen LogP contribution in [0.4, 0.5) is 5.13 Å². The molecule has 0 aliphatic carbocycles. The number of methoxy groups -OCH3 is 1. The Kier molecular flexibility index (Phi) is 9.86. The lowest BCUT2D eigenvalue weighted by Gasteiger charge is -2.14. The average molecular weight is 568 g/mol. The highest BCUT2D eigenvalue weighted by Gasteiger charge is 2.20. The molecule has 0 saturated heterocycles. The molecule has 2 aromatic carbocycles. The van der Waals surface area contributed by atoms with Crippen molar-refractivity contribution in [2.24, 2.45) is 0 Å².